The zero-order valence-electron chi connectivity index (χ0n) is 34.6. The highest BCUT2D eigenvalue weighted by Crippen LogP contribution is 2.21. The molecule has 19 nitrogen and oxygen atoms in total. The van der Waals surface area contributed by atoms with Gasteiger partial charge in [-0.3, -0.25) is 29.4 Å². The third kappa shape index (κ3) is 12.9. The Morgan fingerprint density at radius 2 is 1.47 bits per heavy atom. The summed E-state index contributed by atoms with van der Waals surface area (Å²) in [5.41, 5.74) is 23.0. The maximum atomic E-state index is 14.4. The zero-order chi connectivity index (χ0) is 44.6. The first-order valence-electron chi connectivity index (χ1n) is 20.1. The smallest absolute Gasteiger partial charge is 0.341 e. The van der Waals surface area contributed by atoms with Crippen LogP contribution >= 0.6 is 0 Å². The number of nitrogens with two attached hydrogens (primary N) is 3. The number of nitrogens with one attached hydrogen (secondary N) is 7. The molecule has 13 N–H and O–H groups in total. The second-order valence-corrected chi connectivity index (χ2v) is 14.7. The Labute approximate surface area is 358 Å². The number of carbonyl (C=O) groups is 6. The number of urea groups is 1. The Bertz CT molecular complexity index is 2280. The molecule has 5 aromatic rings. The van der Waals surface area contributed by atoms with Crippen molar-refractivity contribution in [3.8, 4) is 5.75 Å². The van der Waals surface area contributed by atoms with Gasteiger partial charge in [-0.15, -0.1) is 0 Å². The minimum Gasteiger partial charge on any atom is -0.497 e. The number of primary amides is 1. The molecule has 7 amide bonds. The molecule has 0 unspecified atom stereocenters. The van der Waals surface area contributed by atoms with Crippen LogP contribution in [0, 0.1) is 0 Å². The lowest BCUT2D eigenvalue weighted by molar-refractivity contribution is -0.133. The summed E-state index contributed by atoms with van der Waals surface area (Å²) in [6.07, 6.45) is 6.22. The summed E-state index contributed by atoms with van der Waals surface area (Å²) in [7, 11) is 1.44. The van der Waals surface area contributed by atoms with Crippen LogP contribution in [0.2, 0.25) is 0 Å². The number of benzene rings is 3. The highest BCUT2D eigenvalue weighted by atomic mass is 16.5. The lowest BCUT2D eigenvalue weighted by atomic mass is 10.0. The number of unbranched alkanes of at least 4 members (excludes halogenated alkanes) is 1. The van der Waals surface area contributed by atoms with Crippen LogP contribution in [0.15, 0.2) is 97.6 Å². The number of methoxy groups -OCH3 is 1. The average Bonchev–Trinajstić information content (AvgIpc) is 3.94. The molecule has 0 radical (unpaired) electrons. The number of anilines is 1. The molecule has 0 saturated heterocycles. The van der Waals surface area contributed by atoms with Gasteiger partial charge in [0.1, 0.15) is 29.9 Å². The van der Waals surface area contributed by atoms with Gasteiger partial charge >= 0.3 is 6.03 Å². The molecule has 2 aromatic heterocycles. The minimum absolute atomic E-state index is 0.0227. The van der Waals surface area contributed by atoms with Gasteiger partial charge in [0.2, 0.25) is 23.6 Å². The Hall–Kier alpha value is -7.25. The molecule has 328 valence electrons. The molecule has 0 aliphatic heterocycles. The number of aromatic nitrogens is 3. The first kappa shape index (κ1) is 45.8. The van der Waals surface area contributed by atoms with Crippen molar-refractivity contribution in [3.05, 3.63) is 114 Å². The van der Waals surface area contributed by atoms with Gasteiger partial charge in [-0.25, -0.2) is 14.8 Å². The van der Waals surface area contributed by atoms with Crippen molar-refractivity contribution in [2.24, 2.45) is 17.2 Å². The summed E-state index contributed by atoms with van der Waals surface area (Å²) in [6, 6.07) is 15.9. The topological polar surface area (TPSA) is 298 Å². The highest BCUT2D eigenvalue weighted by molar-refractivity contribution is 6.00. The molecule has 0 saturated carbocycles. The summed E-state index contributed by atoms with van der Waals surface area (Å²) in [5, 5.41) is 12.5. The SMILES string of the molecule is COc1cccc(N(NC(=O)[C@@H](N)Cc2cnc[nH]2)C(=O)N[C@@H](C)C(=O)N[C@@H](Cc2c[nH]c3ccccc23)C(=O)N[C@H](Cc2ccccc2)C(=O)N[C@@H](CCCCN)C(N)=O)c1. The molecule has 5 atom stereocenters. The van der Waals surface area contributed by atoms with Crippen LogP contribution in [-0.2, 0) is 43.2 Å². The van der Waals surface area contributed by atoms with Gasteiger partial charge in [0.05, 0.1) is 25.2 Å². The molecule has 0 bridgehead atoms. The van der Waals surface area contributed by atoms with Crippen LogP contribution in [0.3, 0.4) is 0 Å². The number of aromatic amines is 2. The lowest BCUT2D eigenvalue weighted by Crippen LogP contribution is -2.60. The van der Waals surface area contributed by atoms with Gasteiger partial charge < -0.3 is 53.2 Å². The van der Waals surface area contributed by atoms with E-state index in [1.807, 2.05) is 30.3 Å². The fourth-order valence-electron chi connectivity index (χ4n) is 6.62. The number of imidazole rings is 1. The minimum atomic E-state index is -1.28. The number of nitrogens with zero attached hydrogens (tertiary/aromatic N) is 2. The first-order valence-corrected chi connectivity index (χ1v) is 20.1. The average molecular weight is 851 g/mol. The molecular weight excluding hydrogens is 797 g/mol. The Kier molecular flexibility index (Phi) is 16.5. The monoisotopic (exact) mass is 850 g/mol. The fourth-order valence-corrected chi connectivity index (χ4v) is 6.62. The zero-order valence-corrected chi connectivity index (χ0v) is 34.6. The standard InChI is InChI=1S/C43H54N12O7/c1-26(50-43(61)55(30-13-10-14-31(22-30)62-2)54-40(58)33(45)21-29-24-47-25-49-29)39(57)52-37(20-28-23-48-34-16-7-6-15-32(28)34)42(60)53-36(19-27-11-4-3-5-12-27)41(59)51-35(38(46)56)17-8-9-18-44/h3-7,10-16,22-26,33,35-37,48H,8-9,17-21,44-45H2,1-2H3,(H2,46,56)(H,47,49)(H,50,61)(H,51,59)(H,52,57)(H,53,60)(H,54,58)/t26-,33-,35-,36+,37-/m0/s1. The van der Waals surface area contributed by atoms with E-state index < -0.39 is 65.8 Å². The van der Waals surface area contributed by atoms with E-state index in [0.717, 1.165) is 21.5 Å². The highest BCUT2D eigenvalue weighted by Gasteiger charge is 2.32. The van der Waals surface area contributed by atoms with E-state index in [1.54, 1.807) is 48.7 Å². The molecule has 2 heterocycles. The molecule has 0 fully saturated rings. The molecule has 0 aliphatic rings. The summed E-state index contributed by atoms with van der Waals surface area (Å²) in [6.45, 7) is 1.81. The van der Waals surface area contributed by atoms with Gasteiger partial charge in [-0.05, 0) is 62.1 Å². The summed E-state index contributed by atoms with van der Waals surface area (Å²) < 4.78 is 5.33. The van der Waals surface area contributed by atoms with Gasteiger partial charge in [0.15, 0.2) is 0 Å². The van der Waals surface area contributed by atoms with Crippen LogP contribution in [0.4, 0.5) is 10.5 Å². The number of hydrogen-bond acceptors (Lipinski definition) is 10. The number of carbonyl (C=O) groups excluding carboxylic acids is 6. The molecular formula is C43H54N12O7. The van der Waals surface area contributed by atoms with Crippen LogP contribution < -0.4 is 53.6 Å². The van der Waals surface area contributed by atoms with Gasteiger partial charge in [0.25, 0.3) is 5.91 Å². The number of fused-ring (bicyclic) bond motifs is 1. The third-order valence-corrected chi connectivity index (χ3v) is 10.1. The predicted octanol–water partition coefficient (Wildman–Crippen LogP) is 0.959. The Morgan fingerprint density at radius 3 is 2.16 bits per heavy atom. The second kappa shape index (κ2) is 22.4. The molecule has 3 aromatic carbocycles. The number of para-hydroxylation sites is 1. The van der Waals surface area contributed by atoms with Crippen LogP contribution in [0.5, 0.6) is 5.75 Å². The van der Waals surface area contributed by atoms with Crippen molar-refractivity contribution in [2.45, 2.75) is 75.7 Å². The first-order chi connectivity index (χ1) is 29.9. The van der Waals surface area contributed by atoms with E-state index in [0.29, 0.717) is 36.4 Å². The molecule has 19 heteroatoms. The van der Waals surface area contributed by atoms with Crippen molar-refractivity contribution in [2.75, 3.05) is 18.7 Å². The number of H-pyrrole nitrogens is 2. The van der Waals surface area contributed by atoms with Gasteiger partial charge in [-0.2, -0.15) is 0 Å². The van der Waals surface area contributed by atoms with E-state index in [2.05, 4.69) is 41.6 Å². The van der Waals surface area contributed by atoms with Crippen LogP contribution in [0.25, 0.3) is 10.9 Å². The summed E-state index contributed by atoms with van der Waals surface area (Å²) in [4.78, 5) is 91.8. The lowest BCUT2D eigenvalue weighted by Gasteiger charge is -2.28. The van der Waals surface area contributed by atoms with Crippen molar-refractivity contribution in [1.29, 1.82) is 0 Å². The van der Waals surface area contributed by atoms with Crippen LogP contribution in [0.1, 0.15) is 43.0 Å². The van der Waals surface area contributed by atoms with E-state index in [1.165, 1.54) is 32.6 Å². The van der Waals surface area contributed by atoms with Crippen molar-refractivity contribution >= 4 is 52.2 Å². The van der Waals surface area contributed by atoms with Crippen LogP contribution in [-0.4, -0.2) is 94.4 Å². The summed E-state index contributed by atoms with van der Waals surface area (Å²) >= 11 is 0. The molecule has 5 rings (SSSR count). The fraction of sp³-hybridized carbons (Fsp3) is 0.326. The van der Waals surface area contributed by atoms with Crippen molar-refractivity contribution < 1.29 is 33.5 Å². The van der Waals surface area contributed by atoms with Gasteiger partial charge in [0, 0.05) is 54.3 Å². The quantitative estimate of drug-likeness (QED) is 0.0369. The number of amides is 7. The summed E-state index contributed by atoms with van der Waals surface area (Å²) in [5.74, 6) is -3.19. The largest absolute Gasteiger partial charge is 0.497 e. The number of rotatable bonds is 21. The van der Waals surface area contributed by atoms with E-state index in [9.17, 15) is 28.8 Å². The maximum absolute atomic E-state index is 14.4. The van der Waals surface area contributed by atoms with Crippen molar-refractivity contribution in [1.82, 2.24) is 41.6 Å². The molecule has 0 spiro atoms. The Morgan fingerprint density at radius 1 is 0.774 bits per heavy atom. The predicted molar refractivity (Wildman–Crippen MR) is 232 cm³/mol. The maximum Gasteiger partial charge on any atom is 0.341 e. The second-order valence-electron chi connectivity index (χ2n) is 14.7. The number of hydrogen-bond donors (Lipinski definition) is 10. The van der Waals surface area contributed by atoms with Crippen molar-refractivity contribution in [3.63, 3.8) is 0 Å². The normalized spacial score (nSPS) is 13.4. The van der Waals surface area contributed by atoms with Gasteiger partial charge in [-0.1, -0.05) is 54.6 Å². The van der Waals surface area contributed by atoms with E-state index >= 15 is 0 Å². The molecule has 62 heavy (non-hydrogen) atoms. The number of ether oxygens (including phenoxy) is 1. The molecule has 0 aliphatic carbocycles. The Balaban J connectivity index is 1.38. The third-order valence-electron chi connectivity index (χ3n) is 10.1. The number of hydrazine groups is 1. The van der Waals surface area contributed by atoms with E-state index in [-0.39, 0.29) is 31.4 Å². The van der Waals surface area contributed by atoms with E-state index in [4.69, 9.17) is 21.9 Å².